The summed E-state index contributed by atoms with van der Waals surface area (Å²) in [5.41, 5.74) is 2.58. The molecule has 0 aliphatic heterocycles. The molecule has 3 heteroatoms. The molecule has 1 atom stereocenters. The minimum Gasteiger partial charge on any atom is -0.393 e. The average Bonchev–Trinajstić information content (AvgIpc) is 2.30. The van der Waals surface area contributed by atoms with Crippen LogP contribution in [0.15, 0.2) is 18.2 Å². The van der Waals surface area contributed by atoms with Gasteiger partial charge in [-0.2, -0.15) is 5.26 Å². The van der Waals surface area contributed by atoms with Crippen molar-refractivity contribution in [3.63, 3.8) is 0 Å². The number of anilines is 1. The highest BCUT2D eigenvalue weighted by atomic mass is 16.3. The first-order chi connectivity index (χ1) is 7.67. The van der Waals surface area contributed by atoms with Gasteiger partial charge in [0.05, 0.1) is 17.4 Å². The summed E-state index contributed by atoms with van der Waals surface area (Å²) in [6.45, 7) is 4.61. The van der Waals surface area contributed by atoms with E-state index in [1.54, 1.807) is 0 Å². The molecule has 0 heterocycles. The van der Waals surface area contributed by atoms with Crippen LogP contribution in [0.2, 0.25) is 0 Å². The van der Waals surface area contributed by atoms with E-state index in [-0.39, 0.29) is 6.10 Å². The van der Waals surface area contributed by atoms with Gasteiger partial charge in [0.1, 0.15) is 6.07 Å². The Bertz CT molecular complexity index is 382. The quantitative estimate of drug-likeness (QED) is 0.798. The van der Waals surface area contributed by atoms with E-state index in [1.807, 2.05) is 32.0 Å². The Morgan fingerprint density at radius 2 is 2.25 bits per heavy atom. The van der Waals surface area contributed by atoms with Gasteiger partial charge in [0.2, 0.25) is 0 Å². The van der Waals surface area contributed by atoms with E-state index in [0.717, 1.165) is 17.7 Å². The van der Waals surface area contributed by atoms with Crippen LogP contribution in [0.25, 0.3) is 0 Å². The van der Waals surface area contributed by atoms with Gasteiger partial charge in [0.15, 0.2) is 0 Å². The van der Waals surface area contributed by atoms with E-state index in [4.69, 9.17) is 5.26 Å². The fraction of sp³-hybridized carbons (Fsp3) is 0.462. The molecule has 0 saturated heterocycles. The molecule has 3 nitrogen and oxygen atoms in total. The van der Waals surface area contributed by atoms with Gasteiger partial charge >= 0.3 is 0 Å². The van der Waals surface area contributed by atoms with Crippen molar-refractivity contribution in [2.45, 2.75) is 32.8 Å². The van der Waals surface area contributed by atoms with Crippen molar-refractivity contribution in [3.8, 4) is 6.07 Å². The van der Waals surface area contributed by atoms with Crippen molar-refractivity contribution in [1.29, 1.82) is 5.26 Å². The van der Waals surface area contributed by atoms with Crippen LogP contribution < -0.4 is 5.32 Å². The minimum absolute atomic E-state index is 0.261. The lowest BCUT2D eigenvalue weighted by Crippen LogP contribution is -2.12. The summed E-state index contributed by atoms with van der Waals surface area (Å²) in [4.78, 5) is 0. The van der Waals surface area contributed by atoms with Crippen LogP contribution in [0.5, 0.6) is 0 Å². The molecule has 1 aromatic carbocycles. The van der Waals surface area contributed by atoms with Crippen molar-refractivity contribution >= 4 is 5.69 Å². The van der Waals surface area contributed by atoms with Crippen LogP contribution in [0, 0.1) is 18.3 Å². The van der Waals surface area contributed by atoms with E-state index in [1.165, 1.54) is 0 Å². The number of nitrogens with one attached hydrogen (secondary N) is 1. The van der Waals surface area contributed by atoms with Crippen molar-refractivity contribution in [2.24, 2.45) is 0 Å². The average molecular weight is 218 g/mol. The molecule has 1 aromatic rings. The minimum atomic E-state index is -0.261. The van der Waals surface area contributed by atoms with Crippen molar-refractivity contribution < 1.29 is 5.11 Å². The van der Waals surface area contributed by atoms with Gasteiger partial charge in [-0.15, -0.1) is 0 Å². The molecule has 1 unspecified atom stereocenters. The Kier molecular flexibility index (Phi) is 4.81. The fourth-order valence-electron chi connectivity index (χ4n) is 1.48. The highest BCUT2D eigenvalue weighted by Gasteiger charge is 2.03. The molecule has 0 aromatic heterocycles. The molecule has 0 radical (unpaired) electrons. The summed E-state index contributed by atoms with van der Waals surface area (Å²) < 4.78 is 0. The van der Waals surface area contributed by atoms with Gasteiger partial charge in [0.25, 0.3) is 0 Å². The molecule has 86 valence electrons. The Hall–Kier alpha value is -1.53. The maximum Gasteiger partial charge on any atom is 0.101 e. The number of rotatable bonds is 5. The molecule has 1 rings (SSSR count). The molecular weight excluding hydrogens is 200 g/mol. The number of aryl methyl sites for hydroxylation is 1. The molecule has 0 aliphatic rings. The number of hydrogen-bond acceptors (Lipinski definition) is 3. The third-order valence-electron chi connectivity index (χ3n) is 2.56. The van der Waals surface area contributed by atoms with Crippen molar-refractivity contribution in [3.05, 3.63) is 29.3 Å². The normalized spacial score (nSPS) is 11.9. The van der Waals surface area contributed by atoms with Crippen molar-refractivity contribution in [2.75, 3.05) is 11.9 Å². The number of aliphatic hydroxyl groups is 1. The zero-order valence-electron chi connectivity index (χ0n) is 9.83. The van der Waals surface area contributed by atoms with Crippen molar-refractivity contribution in [1.82, 2.24) is 0 Å². The van der Waals surface area contributed by atoms with Crippen LogP contribution in [0.4, 0.5) is 5.69 Å². The third kappa shape index (κ3) is 3.56. The highest BCUT2D eigenvalue weighted by Crippen LogP contribution is 2.16. The monoisotopic (exact) mass is 218 g/mol. The van der Waals surface area contributed by atoms with Gasteiger partial charge in [-0.1, -0.05) is 13.0 Å². The van der Waals surface area contributed by atoms with Crippen LogP contribution >= 0.6 is 0 Å². The van der Waals surface area contributed by atoms with Gasteiger partial charge in [0, 0.05) is 6.54 Å². The number of nitriles is 1. The smallest absolute Gasteiger partial charge is 0.101 e. The zero-order valence-corrected chi connectivity index (χ0v) is 9.83. The van der Waals surface area contributed by atoms with Crippen LogP contribution in [0.3, 0.4) is 0 Å². The number of aliphatic hydroxyl groups excluding tert-OH is 1. The molecule has 0 saturated carbocycles. The molecule has 0 bridgehead atoms. The van der Waals surface area contributed by atoms with E-state index in [9.17, 15) is 5.11 Å². The summed E-state index contributed by atoms with van der Waals surface area (Å²) in [5.74, 6) is 0. The molecule has 2 N–H and O–H groups in total. The largest absolute Gasteiger partial charge is 0.393 e. The summed E-state index contributed by atoms with van der Waals surface area (Å²) in [7, 11) is 0. The summed E-state index contributed by atoms with van der Waals surface area (Å²) in [5, 5.41) is 21.5. The first-order valence-corrected chi connectivity index (χ1v) is 5.60. The molecule has 0 spiro atoms. The second kappa shape index (κ2) is 6.14. The van der Waals surface area contributed by atoms with Gasteiger partial charge in [-0.05, 0) is 37.5 Å². The highest BCUT2D eigenvalue weighted by molar-refractivity contribution is 5.58. The predicted molar refractivity (Wildman–Crippen MR) is 65.3 cm³/mol. The Morgan fingerprint density at radius 1 is 1.50 bits per heavy atom. The lowest BCUT2D eigenvalue weighted by molar-refractivity contribution is 0.164. The maximum absolute atomic E-state index is 9.40. The van der Waals surface area contributed by atoms with E-state index in [0.29, 0.717) is 18.5 Å². The molecule has 16 heavy (non-hydrogen) atoms. The Labute approximate surface area is 96.7 Å². The second-order valence-corrected chi connectivity index (χ2v) is 3.94. The summed E-state index contributed by atoms with van der Waals surface area (Å²) in [6.07, 6.45) is 1.21. The topological polar surface area (TPSA) is 56.0 Å². The Morgan fingerprint density at radius 3 is 2.88 bits per heavy atom. The lowest BCUT2D eigenvalue weighted by atomic mass is 10.1. The second-order valence-electron chi connectivity index (χ2n) is 3.94. The van der Waals surface area contributed by atoms with E-state index >= 15 is 0 Å². The number of hydrogen-bond donors (Lipinski definition) is 2. The number of benzene rings is 1. The molecule has 0 amide bonds. The maximum atomic E-state index is 9.40. The van der Waals surface area contributed by atoms with E-state index in [2.05, 4.69) is 11.4 Å². The molecule has 0 aliphatic carbocycles. The predicted octanol–water partition coefficient (Wildman–Crippen LogP) is 2.44. The molecule has 0 fully saturated rings. The molecular formula is C13H18N2O. The number of nitrogens with zero attached hydrogens (tertiary/aromatic N) is 1. The lowest BCUT2D eigenvalue weighted by Gasteiger charge is -2.11. The zero-order chi connectivity index (χ0) is 12.0. The van der Waals surface area contributed by atoms with Crippen LogP contribution in [-0.4, -0.2) is 17.8 Å². The fourth-order valence-corrected chi connectivity index (χ4v) is 1.48. The third-order valence-corrected chi connectivity index (χ3v) is 2.56. The standard InChI is InChI=1S/C13H18N2O/c1-3-12(16)6-7-15-13-5-4-10(2)8-11(13)9-14/h4-5,8,12,15-16H,3,6-7H2,1-2H3. The first-order valence-electron chi connectivity index (χ1n) is 5.60. The first kappa shape index (κ1) is 12.5. The Balaban J connectivity index is 2.57. The van der Waals surface area contributed by atoms with Crippen LogP contribution in [0.1, 0.15) is 30.9 Å². The summed E-state index contributed by atoms with van der Waals surface area (Å²) in [6, 6.07) is 7.90. The summed E-state index contributed by atoms with van der Waals surface area (Å²) >= 11 is 0. The SMILES string of the molecule is CCC(O)CCNc1ccc(C)cc1C#N. The van der Waals surface area contributed by atoms with E-state index < -0.39 is 0 Å². The van der Waals surface area contributed by atoms with Gasteiger partial charge < -0.3 is 10.4 Å². The van der Waals surface area contributed by atoms with Gasteiger partial charge in [-0.25, -0.2) is 0 Å². The van der Waals surface area contributed by atoms with Crippen LogP contribution in [-0.2, 0) is 0 Å². The van der Waals surface area contributed by atoms with Gasteiger partial charge in [-0.3, -0.25) is 0 Å².